The van der Waals surface area contributed by atoms with E-state index in [9.17, 15) is 14.0 Å². The maximum absolute atomic E-state index is 13.2. The Balaban J connectivity index is 2.25. The Morgan fingerprint density at radius 1 is 1.43 bits per heavy atom. The van der Waals surface area contributed by atoms with Gasteiger partial charge in [-0.25, -0.2) is 4.39 Å². The van der Waals surface area contributed by atoms with Crippen molar-refractivity contribution in [3.8, 4) is 0 Å². The quantitative estimate of drug-likeness (QED) is 0.903. The van der Waals surface area contributed by atoms with E-state index < -0.39 is 5.82 Å². The van der Waals surface area contributed by atoms with Gasteiger partial charge in [0.25, 0.3) is 0 Å². The number of carbonyl (C=O) groups is 1. The topological polar surface area (TPSA) is 60.3 Å². The van der Waals surface area contributed by atoms with Gasteiger partial charge >= 0.3 is 0 Å². The van der Waals surface area contributed by atoms with Gasteiger partial charge in [0.1, 0.15) is 12.4 Å². The minimum absolute atomic E-state index is 0.0521. The summed E-state index contributed by atoms with van der Waals surface area (Å²) in [6.45, 7) is 2.30. The zero-order chi connectivity index (χ0) is 15.4. The van der Waals surface area contributed by atoms with Gasteiger partial charge in [-0.1, -0.05) is 0 Å². The van der Waals surface area contributed by atoms with Gasteiger partial charge in [-0.2, -0.15) is 0 Å². The molecule has 5 nitrogen and oxygen atoms in total. The fraction of sp³-hybridized carbons (Fsp3) is 0.333. The van der Waals surface area contributed by atoms with E-state index >= 15 is 0 Å². The number of methoxy groups -OCH3 is 1. The van der Waals surface area contributed by atoms with Gasteiger partial charge in [0, 0.05) is 30.8 Å². The van der Waals surface area contributed by atoms with Crippen LogP contribution in [0.5, 0.6) is 0 Å². The third kappa shape index (κ3) is 3.66. The first-order chi connectivity index (χ1) is 10.0. The zero-order valence-corrected chi connectivity index (χ0v) is 11.9. The smallest absolute Gasteiger partial charge is 0.240 e. The summed E-state index contributed by atoms with van der Waals surface area (Å²) < 4.78 is 19.8. The van der Waals surface area contributed by atoms with Crippen molar-refractivity contribution in [3.63, 3.8) is 0 Å². The lowest BCUT2D eigenvalue weighted by Crippen LogP contribution is -2.37. The number of pyridine rings is 1. The van der Waals surface area contributed by atoms with E-state index in [4.69, 9.17) is 4.74 Å². The molecule has 0 bridgehead atoms. The number of hydrogen-bond acceptors (Lipinski definition) is 3. The summed E-state index contributed by atoms with van der Waals surface area (Å²) in [7, 11) is 1.56. The standard InChI is InChI=1S/C15H17FN2O3/c1-10(9-21-2)17-15(20)8-18-6-5-14(19)12-7-11(16)3-4-13(12)18/h3-7,10H,8-9H2,1-2H3,(H,17,20)/t10-/m1/s1. The van der Waals surface area contributed by atoms with Crippen molar-refractivity contribution in [3.05, 3.63) is 46.5 Å². The molecule has 0 saturated heterocycles. The first-order valence-electron chi connectivity index (χ1n) is 6.58. The first-order valence-corrected chi connectivity index (χ1v) is 6.58. The number of benzene rings is 1. The monoisotopic (exact) mass is 292 g/mol. The van der Waals surface area contributed by atoms with Crippen LogP contribution in [0, 0.1) is 5.82 Å². The Bertz CT molecular complexity index is 712. The molecule has 6 heteroatoms. The SMILES string of the molecule is COC[C@@H](C)NC(=O)Cn1ccc(=O)c2cc(F)ccc21. The lowest BCUT2D eigenvalue weighted by Gasteiger charge is -2.15. The highest BCUT2D eigenvalue weighted by atomic mass is 19.1. The summed E-state index contributed by atoms with van der Waals surface area (Å²) in [5.74, 6) is -0.677. The molecule has 1 amide bonds. The van der Waals surface area contributed by atoms with E-state index in [0.29, 0.717) is 12.1 Å². The molecule has 1 aromatic heterocycles. The molecule has 0 saturated carbocycles. The maximum atomic E-state index is 13.2. The lowest BCUT2D eigenvalue weighted by atomic mass is 10.2. The second kappa shape index (κ2) is 6.49. The van der Waals surface area contributed by atoms with E-state index in [-0.39, 0.29) is 29.3 Å². The van der Waals surface area contributed by atoms with Crippen LogP contribution in [-0.2, 0) is 16.1 Å². The number of aromatic nitrogens is 1. The van der Waals surface area contributed by atoms with Crippen LogP contribution in [0.4, 0.5) is 4.39 Å². The number of nitrogens with one attached hydrogen (secondary N) is 1. The summed E-state index contributed by atoms with van der Waals surface area (Å²) in [5, 5.41) is 3.04. The lowest BCUT2D eigenvalue weighted by molar-refractivity contribution is -0.122. The predicted octanol–water partition coefficient (Wildman–Crippen LogP) is 1.29. The normalized spacial score (nSPS) is 12.3. The minimum Gasteiger partial charge on any atom is -0.383 e. The molecule has 0 radical (unpaired) electrons. The summed E-state index contributed by atoms with van der Waals surface area (Å²) in [5.41, 5.74) is 0.257. The largest absolute Gasteiger partial charge is 0.383 e. The average Bonchev–Trinajstić information content (AvgIpc) is 2.42. The van der Waals surface area contributed by atoms with Gasteiger partial charge < -0.3 is 14.6 Å². The molecule has 1 atom stereocenters. The molecule has 1 aromatic carbocycles. The van der Waals surface area contributed by atoms with Gasteiger partial charge in [-0.05, 0) is 25.1 Å². The van der Waals surface area contributed by atoms with Gasteiger partial charge in [0.05, 0.1) is 12.1 Å². The zero-order valence-electron chi connectivity index (χ0n) is 11.9. The molecule has 0 fully saturated rings. The molecule has 112 valence electrons. The van der Waals surface area contributed by atoms with Crippen LogP contribution in [0.1, 0.15) is 6.92 Å². The Hall–Kier alpha value is -2.21. The summed E-state index contributed by atoms with van der Waals surface area (Å²) in [6.07, 6.45) is 1.53. The number of ether oxygens (including phenoxy) is 1. The third-order valence-corrected chi connectivity index (χ3v) is 3.08. The van der Waals surface area contributed by atoms with Crippen LogP contribution in [0.15, 0.2) is 35.3 Å². The van der Waals surface area contributed by atoms with Crippen molar-refractivity contribution in [2.24, 2.45) is 0 Å². The fourth-order valence-corrected chi connectivity index (χ4v) is 2.19. The van der Waals surface area contributed by atoms with Crippen LogP contribution in [-0.4, -0.2) is 30.2 Å². The fourth-order valence-electron chi connectivity index (χ4n) is 2.19. The molecule has 0 aliphatic rings. The number of amides is 1. The molecule has 1 N–H and O–H groups in total. The highest BCUT2D eigenvalue weighted by Gasteiger charge is 2.10. The van der Waals surface area contributed by atoms with Crippen molar-refractivity contribution in [1.82, 2.24) is 9.88 Å². The van der Waals surface area contributed by atoms with Crippen molar-refractivity contribution in [2.75, 3.05) is 13.7 Å². The van der Waals surface area contributed by atoms with Crippen LogP contribution in [0.25, 0.3) is 10.9 Å². The number of carbonyl (C=O) groups excluding carboxylic acids is 1. The number of rotatable bonds is 5. The number of fused-ring (bicyclic) bond motifs is 1. The highest BCUT2D eigenvalue weighted by molar-refractivity contribution is 5.82. The highest BCUT2D eigenvalue weighted by Crippen LogP contribution is 2.11. The average molecular weight is 292 g/mol. The molecule has 0 unspecified atom stereocenters. The van der Waals surface area contributed by atoms with Gasteiger partial charge in [-0.3, -0.25) is 9.59 Å². The molecule has 2 rings (SSSR count). The van der Waals surface area contributed by atoms with Crippen LogP contribution >= 0.6 is 0 Å². The summed E-state index contributed by atoms with van der Waals surface area (Å²) >= 11 is 0. The van der Waals surface area contributed by atoms with Crippen LogP contribution in [0.3, 0.4) is 0 Å². The number of halogens is 1. The first kappa shape index (κ1) is 15.2. The number of nitrogens with zero attached hydrogens (tertiary/aromatic N) is 1. The molecule has 0 aliphatic carbocycles. The van der Waals surface area contributed by atoms with Gasteiger partial charge in [0.2, 0.25) is 5.91 Å². The Morgan fingerprint density at radius 3 is 2.90 bits per heavy atom. The second-order valence-electron chi connectivity index (χ2n) is 4.89. The van der Waals surface area contributed by atoms with Crippen molar-refractivity contribution < 1.29 is 13.9 Å². The summed E-state index contributed by atoms with van der Waals surface area (Å²) in [4.78, 5) is 23.7. The summed E-state index contributed by atoms with van der Waals surface area (Å²) in [6, 6.07) is 5.17. The molecule has 0 spiro atoms. The third-order valence-electron chi connectivity index (χ3n) is 3.08. The van der Waals surface area contributed by atoms with Crippen molar-refractivity contribution >= 4 is 16.8 Å². The van der Waals surface area contributed by atoms with Crippen molar-refractivity contribution in [1.29, 1.82) is 0 Å². The Labute approximate surface area is 121 Å². The predicted molar refractivity (Wildman–Crippen MR) is 77.6 cm³/mol. The molecule has 0 aliphatic heterocycles. The van der Waals surface area contributed by atoms with Crippen LogP contribution in [0.2, 0.25) is 0 Å². The number of hydrogen-bond donors (Lipinski definition) is 1. The Morgan fingerprint density at radius 2 is 2.19 bits per heavy atom. The molecule has 21 heavy (non-hydrogen) atoms. The Kier molecular flexibility index (Phi) is 4.70. The minimum atomic E-state index is -0.476. The van der Waals surface area contributed by atoms with E-state index in [1.54, 1.807) is 11.7 Å². The van der Waals surface area contributed by atoms with Gasteiger partial charge in [0.15, 0.2) is 5.43 Å². The van der Waals surface area contributed by atoms with E-state index in [1.807, 2.05) is 6.92 Å². The van der Waals surface area contributed by atoms with E-state index in [2.05, 4.69) is 5.32 Å². The molecular formula is C15H17FN2O3. The second-order valence-corrected chi connectivity index (χ2v) is 4.89. The van der Waals surface area contributed by atoms with Crippen molar-refractivity contribution in [2.45, 2.75) is 19.5 Å². The van der Waals surface area contributed by atoms with E-state index in [1.165, 1.54) is 30.5 Å². The van der Waals surface area contributed by atoms with Gasteiger partial charge in [-0.15, -0.1) is 0 Å². The molecule has 1 heterocycles. The maximum Gasteiger partial charge on any atom is 0.240 e. The molecular weight excluding hydrogens is 275 g/mol. The molecule has 2 aromatic rings. The van der Waals surface area contributed by atoms with E-state index in [0.717, 1.165) is 0 Å². The van der Waals surface area contributed by atoms with Crippen LogP contribution < -0.4 is 10.7 Å².